The third-order valence-corrected chi connectivity index (χ3v) is 9.14. The van der Waals surface area contributed by atoms with Gasteiger partial charge in [0, 0.05) is 12.3 Å². The number of H-pyrrole nitrogens is 1. The molecule has 1 amide bonds. The summed E-state index contributed by atoms with van der Waals surface area (Å²) in [6, 6.07) is 24.6. The summed E-state index contributed by atoms with van der Waals surface area (Å²) < 4.78 is 32.0. The number of carboxylic acids is 1. The zero-order valence-electron chi connectivity index (χ0n) is 30.2. The standard InChI is InChI=1S/C39H41N5O10/c1-23(2)36(48)42-38-41-35-34(37(49)43-38)40-22-44(35)31-20-29(30(53-31)21-52-33(47)19-18-32(45)46)54-39(24-8-6-5-7-9-24,25-10-14-27(50-3)15-11-25)26-12-16-28(51-4)17-13-26/h5-17,22-23,29-31H,18-21H2,1-4H3,(H,45,46)(H2,41,42,43,48,49)/t29-,30+,31+/m0/s1. The first-order valence-corrected chi connectivity index (χ1v) is 17.3. The van der Waals surface area contributed by atoms with Crippen LogP contribution < -0.4 is 20.3 Å². The van der Waals surface area contributed by atoms with Crippen LogP contribution in [0.15, 0.2) is 90.0 Å². The Morgan fingerprint density at radius 2 is 1.56 bits per heavy atom. The van der Waals surface area contributed by atoms with E-state index in [4.69, 9.17) is 28.8 Å². The van der Waals surface area contributed by atoms with E-state index in [1.54, 1.807) is 32.6 Å². The summed E-state index contributed by atoms with van der Waals surface area (Å²) in [5.74, 6) is -1.32. The van der Waals surface area contributed by atoms with E-state index in [0.717, 1.165) is 16.7 Å². The van der Waals surface area contributed by atoms with Gasteiger partial charge in [0.05, 0.1) is 39.5 Å². The number of anilines is 1. The number of hydrogen-bond acceptors (Lipinski definition) is 11. The molecule has 5 aromatic rings. The summed E-state index contributed by atoms with van der Waals surface area (Å²) in [5, 5.41) is 11.7. The number of methoxy groups -OCH3 is 2. The normalized spacial score (nSPS) is 17.0. The number of carboxylic acid groups (broad SMARTS) is 1. The van der Waals surface area contributed by atoms with Crippen LogP contribution in [0.1, 0.15) is 56.0 Å². The number of aromatic nitrogens is 4. The summed E-state index contributed by atoms with van der Waals surface area (Å²) in [4.78, 5) is 60.7. The Bertz CT molecular complexity index is 2100. The molecule has 6 rings (SSSR count). The number of hydrogen-bond donors (Lipinski definition) is 3. The number of rotatable bonds is 15. The topological polar surface area (TPSA) is 193 Å². The highest BCUT2D eigenvalue weighted by molar-refractivity contribution is 5.91. The zero-order chi connectivity index (χ0) is 38.4. The van der Waals surface area contributed by atoms with E-state index in [9.17, 15) is 19.2 Å². The number of ether oxygens (including phenoxy) is 5. The molecule has 0 saturated carbocycles. The molecule has 3 atom stereocenters. The predicted molar refractivity (Wildman–Crippen MR) is 195 cm³/mol. The quantitative estimate of drug-likeness (QED) is 0.0983. The Balaban J connectivity index is 1.45. The number of esters is 1. The molecule has 1 aliphatic heterocycles. The van der Waals surface area contributed by atoms with Crippen molar-refractivity contribution in [3.63, 3.8) is 0 Å². The number of aliphatic carboxylic acids is 1. The maximum Gasteiger partial charge on any atom is 0.306 e. The lowest BCUT2D eigenvalue weighted by Gasteiger charge is -2.39. The first-order chi connectivity index (χ1) is 26.0. The maximum absolute atomic E-state index is 13.0. The van der Waals surface area contributed by atoms with Crippen molar-refractivity contribution in [2.75, 3.05) is 26.1 Å². The SMILES string of the molecule is COc1ccc(C(O[C@H]2C[C@H](n3cnc4c(=O)[nH]c(NC(=O)C(C)C)nc43)O[C@@H]2COC(=O)CCC(=O)O)(c2ccccc2)c2ccc(OC)cc2)cc1. The molecule has 3 heterocycles. The second kappa shape index (κ2) is 16.3. The second-order valence-electron chi connectivity index (χ2n) is 13.0. The minimum Gasteiger partial charge on any atom is -0.497 e. The molecule has 0 spiro atoms. The van der Waals surface area contributed by atoms with Crippen molar-refractivity contribution < 1.29 is 43.2 Å². The van der Waals surface area contributed by atoms with E-state index < -0.39 is 48.0 Å². The van der Waals surface area contributed by atoms with Gasteiger partial charge in [-0.25, -0.2) is 4.98 Å². The number of carbonyl (C=O) groups is 3. The lowest BCUT2D eigenvalue weighted by molar-refractivity contribution is -0.155. The number of aromatic amines is 1. The Hall–Kier alpha value is -6.06. The van der Waals surface area contributed by atoms with Crippen LogP contribution in [0.5, 0.6) is 11.5 Å². The summed E-state index contributed by atoms with van der Waals surface area (Å²) in [5.41, 5.74) is 0.647. The van der Waals surface area contributed by atoms with Crippen molar-refractivity contribution in [3.05, 3.63) is 112 Å². The first-order valence-electron chi connectivity index (χ1n) is 17.3. The van der Waals surface area contributed by atoms with E-state index >= 15 is 0 Å². The van der Waals surface area contributed by atoms with Crippen molar-refractivity contribution >= 4 is 35.0 Å². The monoisotopic (exact) mass is 739 g/mol. The second-order valence-corrected chi connectivity index (χ2v) is 13.0. The third kappa shape index (κ3) is 7.96. The van der Waals surface area contributed by atoms with Gasteiger partial charge in [0.15, 0.2) is 11.2 Å². The van der Waals surface area contributed by atoms with Crippen molar-refractivity contribution in [2.45, 2.75) is 57.1 Å². The van der Waals surface area contributed by atoms with Gasteiger partial charge in [0.1, 0.15) is 36.0 Å². The van der Waals surface area contributed by atoms with E-state index in [2.05, 4.69) is 20.3 Å². The van der Waals surface area contributed by atoms with Crippen LogP contribution in [-0.4, -0.2) is 75.5 Å². The Morgan fingerprint density at radius 3 is 2.13 bits per heavy atom. The van der Waals surface area contributed by atoms with E-state index in [-0.39, 0.29) is 48.4 Å². The lowest BCUT2D eigenvalue weighted by Crippen LogP contribution is -2.41. The smallest absolute Gasteiger partial charge is 0.306 e. The fourth-order valence-corrected chi connectivity index (χ4v) is 6.31. The number of nitrogens with one attached hydrogen (secondary N) is 2. The van der Waals surface area contributed by atoms with Gasteiger partial charge in [0.2, 0.25) is 11.9 Å². The highest BCUT2D eigenvalue weighted by Gasteiger charge is 2.47. The van der Waals surface area contributed by atoms with E-state index in [1.165, 1.54) is 6.33 Å². The lowest BCUT2D eigenvalue weighted by atomic mass is 9.79. The number of imidazole rings is 1. The average molecular weight is 740 g/mol. The first kappa shape index (κ1) is 37.7. The fourth-order valence-electron chi connectivity index (χ4n) is 6.31. The molecule has 0 bridgehead atoms. The van der Waals surface area contributed by atoms with Crippen LogP contribution in [0.3, 0.4) is 0 Å². The van der Waals surface area contributed by atoms with Gasteiger partial charge in [-0.3, -0.25) is 34.0 Å². The van der Waals surface area contributed by atoms with Crippen LogP contribution in [0.25, 0.3) is 11.2 Å². The zero-order valence-corrected chi connectivity index (χ0v) is 30.2. The van der Waals surface area contributed by atoms with Crippen molar-refractivity contribution in [1.82, 2.24) is 19.5 Å². The molecule has 1 fully saturated rings. The molecule has 0 aliphatic carbocycles. The van der Waals surface area contributed by atoms with Crippen LogP contribution >= 0.6 is 0 Å². The summed E-state index contributed by atoms with van der Waals surface area (Å²) in [6.45, 7) is 3.15. The van der Waals surface area contributed by atoms with Crippen LogP contribution in [0.2, 0.25) is 0 Å². The molecule has 0 unspecified atom stereocenters. The molecule has 54 heavy (non-hydrogen) atoms. The van der Waals surface area contributed by atoms with Crippen LogP contribution in [0, 0.1) is 5.92 Å². The summed E-state index contributed by atoms with van der Waals surface area (Å²) >= 11 is 0. The summed E-state index contributed by atoms with van der Waals surface area (Å²) in [6.07, 6.45) is -1.63. The largest absolute Gasteiger partial charge is 0.497 e. The Labute approximate surface area is 310 Å². The van der Waals surface area contributed by atoms with Crippen molar-refractivity contribution in [2.24, 2.45) is 5.92 Å². The van der Waals surface area contributed by atoms with Crippen molar-refractivity contribution in [3.8, 4) is 11.5 Å². The predicted octanol–water partition coefficient (Wildman–Crippen LogP) is 4.80. The molecule has 3 aromatic carbocycles. The summed E-state index contributed by atoms with van der Waals surface area (Å²) in [7, 11) is 3.17. The number of carbonyl (C=O) groups excluding carboxylic acids is 2. The van der Waals surface area contributed by atoms with E-state index in [0.29, 0.717) is 11.5 Å². The van der Waals surface area contributed by atoms with Gasteiger partial charge in [-0.2, -0.15) is 4.98 Å². The van der Waals surface area contributed by atoms with Crippen LogP contribution in [-0.2, 0) is 34.2 Å². The van der Waals surface area contributed by atoms with Gasteiger partial charge in [-0.05, 0) is 41.0 Å². The highest BCUT2D eigenvalue weighted by atomic mass is 16.6. The van der Waals surface area contributed by atoms with Gasteiger partial charge in [-0.15, -0.1) is 0 Å². The number of amides is 1. The maximum atomic E-state index is 13.0. The highest BCUT2D eigenvalue weighted by Crippen LogP contribution is 2.46. The molecular formula is C39H41N5O10. The average Bonchev–Trinajstić information content (AvgIpc) is 3.79. The number of benzene rings is 3. The molecule has 3 N–H and O–H groups in total. The number of fused-ring (bicyclic) bond motifs is 1. The molecule has 15 nitrogen and oxygen atoms in total. The molecule has 0 radical (unpaired) electrons. The molecule has 282 valence electrons. The van der Waals surface area contributed by atoms with Gasteiger partial charge in [0.25, 0.3) is 5.56 Å². The molecule has 1 aliphatic rings. The minimum absolute atomic E-state index is 0.0252. The number of nitrogens with zero attached hydrogens (tertiary/aromatic N) is 3. The molecular weight excluding hydrogens is 698 g/mol. The third-order valence-electron chi connectivity index (χ3n) is 9.14. The van der Waals surface area contributed by atoms with Crippen LogP contribution in [0.4, 0.5) is 5.95 Å². The Morgan fingerprint density at radius 1 is 0.944 bits per heavy atom. The Kier molecular flexibility index (Phi) is 11.4. The van der Waals surface area contributed by atoms with E-state index in [1.807, 2.05) is 78.9 Å². The van der Waals surface area contributed by atoms with Gasteiger partial charge < -0.3 is 28.8 Å². The molecule has 2 aromatic heterocycles. The van der Waals surface area contributed by atoms with Gasteiger partial charge in [-0.1, -0.05) is 68.4 Å². The van der Waals surface area contributed by atoms with Gasteiger partial charge >= 0.3 is 11.9 Å². The fraction of sp³-hybridized carbons (Fsp3) is 0.333. The molecule has 15 heteroatoms. The molecule has 1 saturated heterocycles. The minimum atomic E-state index is -1.27. The van der Waals surface area contributed by atoms with Crippen molar-refractivity contribution in [1.29, 1.82) is 0 Å².